The van der Waals surface area contributed by atoms with Crippen molar-refractivity contribution in [3.63, 3.8) is 0 Å². The number of rotatable bonds is 5. The van der Waals surface area contributed by atoms with Crippen molar-refractivity contribution in [1.29, 1.82) is 5.26 Å². The molecule has 0 saturated heterocycles. The summed E-state index contributed by atoms with van der Waals surface area (Å²) in [6, 6.07) is 2.08. The minimum atomic E-state index is -0.0221. The highest BCUT2D eigenvalue weighted by Crippen LogP contribution is 2.46. The lowest BCUT2D eigenvalue weighted by atomic mass is 9.75. The van der Waals surface area contributed by atoms with E-state index in [1.807, 2.05) is 22.7 Å². The molecule has 3 rings (SSSR count). The van der Waals surface area contributed by atoms with Crippen molar-refractivity contribution in [2.45, 2.75) is 65.2 Å². The third-order valence-electron chi connectivity index (χ3n) is 5.57. The Kier molecular flexibility index (Phi) is 5.96. The second-order valence-corrected chi connectivity index (χ2v) is 10.2. The van der Waals surface area contributed by atoms with Crippen LogP contribution >= 0.6 is 24.2 Å². The van der Waals surface area contributed by atoms with Gasteiger partial charge in [0.1, 0.15) is 0 Å². The highest BCUT2D eigenvalue weighted by Gasteiger charge is 2.34. The number of thiol groups is 1. The van der Waals surface area contributed by atoms with Crippen LogP contribution in [0.3, 0.4) is 0 Å². The maximum Gasteiger partial charge on any atom is 0.178 e. The molecule has 1 aromatic rings. The van der Waals surface area contributed by atoms with Crippen molar-refractivity contribution in [2.75, 3.05) is 13.6 Å². The monoisotopic (exact) mass is 388 g/mol. The first-order valence-corrected chi connectivity index (χ1v) is 10.7. The second kappa shape index (κ2) is 7.88. The SMILES string of the molecule is CN(S)CC1=C(c2sc3c(c2C(=O)CC#N)CC(C)(C)CC3)CCCC1. The zero-order valence-corrected chi connectivity index (χ0v) is 17.7. The van der Waals surface area contributed by atoms with Gasteiger partial charge in [-0.05, 0) is 68.5 Å². The van der Waals surface area contributed by atoms with Crippen LogP contribution in [0.15, 0.2) is 5.57 Å². The fraction of sp³-hybridized carbons (Fsp3) is 0.619. The van der Waals surface area contributed by atoms with Gasteiger partial charge in [0.15, 0.2) is 5.78 Å². The molecule has 2 aliphatic rings. The van der Waals surface area contributed by atoms with Gasteiger partial charge in [0.05, 0.1) is 12.5 Å². The molecule has 1 heterocycles. The molecule has 26 heavy (non-hydrogen) atoms. The molecule has 0 saturated carbocycles. The fourth-order valence-electron chi connectivity index (χ4n) is 4.28. The molecule has 0 radical (unpaired) electrons. The zero-order valence-electron chi connectivity index (χ0n) is 16.0. The Morgan fingerprint density at radius 3 is 2.73 bits per heavy atom. The number of carbonyl (C=O) groups excluding carboxylic acids is 1. The van der Waals surface area contributed by atoms with E-state index in [1.54, 1.807) is 0 Å². The predicted molar refractivity (Wildman–Crippen MR) is 112 cm³/mol. The van der Waals surface area contributed by atoms with Gasteiger partial charge in [-0.1, -0.05) is 32.2 Å². The molecule has 0 aromatic carbocycles. The second-order valence-electron chi connectivity index (χ2n) is 8.41. The van der Waals surface area contributed by atoms with E-state index in [-0.39, 0.29) is 17.6 Å². The van der Waals surface area contributed by atoms with Crippen molar-refractivity contribution < 1.29 is 4.79 Å². The Morgan fingerprint density at radius 1 is 1.31 bits per heavy atom. The number of hydrogen-bond donors (Lipinski definition) is 1. The van der Waals surface area contributed by atoms with E-state index in [9.17, 15) is 4.79 Å². The molecule has 0 atom stereocenters. The van der Waals surface area contributed by atoms with Crippen molar-refractivity contribution in [1.82, 2.24) is 4.31 Å². The van der Waals surface area contributed by atoms with Gasteiger partial charge < -0.3 is 0 Å². The molecule has 0 spiro atoms. The molecular formula is C21H28N2OS2. The smallest absolute Gasteiger partial charge is 0.178 e. The van der Waals surface area contributed by atoms with E-state index in [1.165, 1.54) is 34.4 Å². The summed E-state index contributed by atoms with van der Waals surface area (Å²) >= 11 is 6.27. The molecule has 0 bridgehead atoms. The first kappa shape index (κ1) is 19.7. The quantitative estimate of drug-likeness (QED) is 0.538. The van der Waals surface area contributed by atoms with Crippen LogP contribution in [0, 0.1) is 16.7 Å². The largest absolute Gasteiger partial charge is 0.293 e. The Morgan fingerprint density at radius 2 is 2.04 bits per heavy atom. The lowest BCUT2D eigenvalue weighted by Gasteiger charge is -2.30. The number of ketones is 1. The molecule has 0 fully saturated rings. The van der Waals surface area contributed by atoms with Crippen molar-refractivity contribution >= 4 is 35.5 Å². The molecular weight excluding hydrogens is 360 g/mol. The summed E-state index contributed by atoms with van der Waals surface area (Å²) < 4.78 is 1.92. The molecule has 0 aliphatic heterocycles. The molecule has 3 nitrogen and oxygen atoms in total. The summed E-state index contributed by atoms with van der Waals surface area (Å²) in [7, 11) is 1.98. The van der Waals surface area contributed by atoms with Crippen LogP contribution in [0.5, 0.6) is 0 Å². The van der Waals surface area contributed by atoms with E-state index in [2.05, 4.69) is 32.7 Å². The average Bonchev–Trinajstić information content (AvgIpc) is 2.92. The number of nitrogens with zero attached hydrogens (tertiary/aromatic N) is 2. The maximum atomic E-state index is 12.9. The summed E-state index contributed by atoms with van der Waals surface area (Å²) in [5.41, 5.74) is 5.10. The molecule has 0 N–H and O–H groups in total. The van der Waals surface area contributed by atoms with E-state index in [0.29, 0.717) is 0 Å². The number of thiophene rings is 1. The standard InChI is InChI=1S/C21H28N2OS2/c1-21(2)10-8-18-16(12-21)19(17(24)9-11-22)20(26-18)15-7-5-4-6-14(15)13-23(3)25/h25H,4-10,12-13H2,1-3H3. The average molecular weight is 389 g/mol. The summed E-state index contributed by atoms with van der Waals surface area (Å²) in [6.45, 7) is 5.40. The van der Waals surface area contributed by atoms with Crippen LogP contribution in [0.4, 0.5) is 0 Å². The van der Waals surface area contributed by atoms with Crippen LogP contribution in [-0.4, -0.2) is 23.7 Å². The molecule has 0 amide bonds. The summed E-state index contributed by atoms with van der Waals surface area (Å²) in [5.74, 6) is 0.00866. The molecule has 140 valence electrons. The maximum absolute atomic E-state index is 12.9. The van der Waals surface area contributed by atoms with Crippen LogP contribution < -0.4 is 0 Å². The fourth-order valence-corrected chi connectivity index (χ4v) is 5.91. The van der Waals surface area contributed by atoms with Gasteiger partial charge in [-0.2, -0.15) is 5.26 Å². The number of carbonyl (C=O) groups is 1. The molecule has 0 unspecified atom stereocenters. The van der Waals surface area contributed by atoms with Gasteiger partial charge in [-0.25, -0.2) is 0 Å². The molecule has 5 heteroatoms. The number of fused-ring (bicyclic) bond motifs is 1. The van der Waals surface area contributed by atoms with E-state index < -0.39 is 0 Å². The van der Waals surface area contributed by atoms with Crippen LogP contribution in [0.25, 0.3) is 5.57 Å². The Balaban J connectivity index is 2.15. The molecule has 1 aromatic heterocycles. The van der Waals surface area contributed by atoms with Gasteiger partial charge in [0.2, 0.25) is 0 Å². The lowest BCUT2D eigenvalue weighted by Crippen LogP contribution is -2.22. The van der Waals surface area contributed by atoms with Crippen molar-refractivity contribution in [3.05, 3.63) is 26.5 Å². The normalized spacial score (nSPS) is 19.4. The predicted octanol–water partition coefficient (Wildman–Crippen LogP) is 5.46. The first-order chi connectivity index (χ1) is 12.3. The van der Waals surface area contributed by atoms with Gasteiger partial charge in [-0.15, -0.1) is 11.3 Å². The lowest BCUT2D eigenvalue weighted by molar-refractivity contribution is 0.0996. The van der Waals surface area contributed by atoms with Gasteiger partial charge in [0, 0.05) is 21.9 Å². The van der Waals surface area contributed by atoms with Crippen LogP contribution in [0.2, 0.25) is 0 Å². The summed E-state index contributed by atoms with van der Waals surface area (Å²) in [4.78, 5) is 15.5. The first-order valence-electron chi connectivity index (χ1n) is 9.48. The zero-order chi connectivity index (χ0) is 18.9. The number of aryl methyl sites for hydroxylation is 1. The number of nitriles is 1. The van der Waals surface area contributed by atoms with Gasteiger partial charge in [-0.3, -0.25) is 9.10 Å². The van der Waals surface area contributed by atoms with Crippen LogP contribution in [-0.2, 0) is 12.8 Å². The van der Waals surface area contributed by atoms with Gasteiger partial charge in [0.25, 0.3) is 0 Å². The van der Waals surface area contributed by atoms with E-state index in [0.717, 1.165) is 49.1 Å². The topological polar surface area (TPSA) is 44.1 Å². The van der Waals surface area contributed by atoms with Crippen LogP contribution in [0.1, 0.15) is 78.0 Å². The Hall–Kier alpha value is -1.09. The van der Waals surface area contributed by atoms with E-state index in [4.69, 9.17) is 5.26 Å². The number of likely N-dealkylation sites (N-methyl/N-ethyl adjacent to an activating group) is 1. The van der Waals surface area contributed by atoms with Crippen molar-refractivity contribution in [3.8, 4) is 6.07 Å². The Labute approximate surface area is 166 Å². The number of allylic oxidation sites excluding steroid dienone is 1. The van der Waals surface area contributed by atoms with E-state index >= 15 is 0 Å². The van der Waals surface area contributed by atoms with Gasteiger partial charge >= 0.3 is 0 Å². The minimum Gasteiger partial charge on any atom is -0.293 e. The Bertz CT molecular complexity index is 781. The van der Waals surface area contributed by atoms with Crippen molar-refractivity contribution in [2.24, 2.45) is 5.41 Å². The highest BCUT2D eigenvalue weighted by molar-refractivity contribution is 7.77. The number of hydrogen-bond acceptors (Lipinski definition) is 5. The third-order valence-corrected chi connectivity index (χ3v) is 7.06. The minimum absolute atomic E-state index is 0.00866. The highest BCUT2D eigenvalue weighted by atomic mass is 32.1. The third kappa shape index (κ3) is 4.08. The number of Topliss-reactive ketones (excluding diaryl/α,β-unsaturated/α-hetero) is 1. The molecule has 2 aliphatic carbocycles. The summed E-state index contributed by atoms with van der Waals surface area (Å²) in [5, 5.41) is 9.12. The summed E-state index contributed by atoms with van der Waals surface area (Å²) in [6.07, 6.45) is 7.64.